The van der Waals surface area contributed by atoms with Crippen LogP contribution in [0, 0.1) is 11.8 Å². The van der Waals surface area contributed by atoms with Crippen molar-refractivity contribution in [1.82, 2.24) is 15.1 Å². The predicted octanol–water partition coefficient (Wildman–Crippen LogP) is 3.06. The van der Waals surface area contributed by atoms with E-state index in [1.807, 2.05) is 6.20 Å². The highest BCUT2D eigenvalue weighted by molar-refractivity contribution is 5.03. The third-order valence-corrected chi connectivity index (χ3v) is 2.74. The topological polar surface area (TPSA) is 29.9 Å². The summed E-state index contributed by atoms with van der Waals surface area (Å²) in [7, 11) is 0. The maximum atomic E-state index is 4.39. The Bertz CT molecular complexity index is 274. The highest BCUT2D eigenvalue weighted by Gasteiger charge is 2.00. The van der Waals surface area contributed by atoms with Gasteiger partial charge in [0.05, 0.1) is 6.20 Å². The van der Waals surface area contributed by atoms with Crippen molar-refractivity contribution in [3.63, 3.8) is 0 Å². The Morgan fingerprint density at radius 2 is 2.00 bits per heavy atom. The average molecular weight is 237 g/mol. The molecule has 0 aliphatic rings. The first-order valence-electron chi connectivity index (χ1n) is 6.80. The van der Waals surface area contributed by atoms with E-state index in [0.717, 1.165) is 25.6 Å². The smallest absolute Gasteiger partial charge is 0.0534 e. The van der Waals surface area contributed by atoms with E-state index in [2.05, 4.69) is 49.0 Å². The molecule has 0 saturated heterocycles. The van der Waals surface area contributed by atoms with Gasteiger partial charge in [-0.3, -0.25) is 4.68 Å². The Kier molecular flexibility index (Phi) is 6.27. The molecule has 1 N–H and O–H groups in total. The summed E-state index contributed by atoms with van der Waals surface area (Å²) < 4.78 is 2.06. The Morgan fingerprint density at radius 3 is 2.65 bits per heavy atom. The molecule has 0 aromatic carbocycles. The van der Waals surface area contributed by atoms with Gasteiger partial charge in [0, 0.05) is 24.8 Å². The standard InChI is InChI=1S/C14H27N3/c1-12(2)6-5-7-17-11-14(10-16-17)9-15-8-13(3)4/h10-13,15H,5-9H2,1-4H3. The molecule has 17 heavy (non-hydrogen) atoms. The van der Waals surface area contributed by atoms with E-state index in [1.165, 1.54) is 18.4 Å². The van der Waals surface area contributed by atoms with E-state index < -0.39 is 0 Å². The lowest BCUT2D eigenvalue weighted by Crippen LogP contribution is -2.18. The van der Waals surface area contributed by atoms with Crippen molar-refractivity contribution >= 4 is 0 Å². The lowest BCUT2D eigenvalue weighted by Gasteiger charge is -2.05. The SMILES string of the molecule is CC(C)CCCn1cc(CNCC(C)C)cn1. The van der Waals surface area contributed by atoms with Crippen LogP contribution >= 0.6 is 0 Å². The first-order chi connectivity index (χ1) is 8.08. The van der Waals surface area contributed by atoms with Gasteiger partial charge in [0.25, 0.3) is 0 Å². The summed E-state index contributed by atoms with van der Waals surface area (Å²) in [6, 6.07) is 0. The van der Waals surface area contributed by atoms with Gasteiger partial charge in [0.2, 0.25) is 0 Å². The molecule has 98 valence electrons. The fourth-order valence-electron chi connectivity index (χ4n) is 1.79. The number of hydrogen-bond acceptors (Lipinski definition) is 2. The van der Waals surface area contributed by atoms with E-state index >= 15 is 0 Å². The van der Waals surface area contributed by atoms with Crippen molar-refractivity contribution in [2.24, 2.45) is 11.8 Å². The van der Waals surface area contributed by atoms with Crippen molar-refractivity contribution in [1.29, 1.82) is 0 Å². The number of aromatic nitrogens is 2. The van der Waals surface area contributed by atoms with Gasteiger partial charge >= 0.3 is 0 Å². The maximum Gasteiger partial charge on any atom is 0.0534 e. The minimum absolute atomic E-state index is 0.705. The molecule has 1 heterocycles. The van der Waals surface area contributed by atoms with Crippen LogP contribution in [0.5, 0.6) is 0 Å². The number of nitrogens with one attached hydrogen (secondary N) is 1. The fourth-order valence-corrected chi connectivity index (χ4v) is 1.79. The fraction of sp³-hybridized carbons (Fsp3) is 0.786. The third kappa shape index (κ3) is 6.47. The summed E-state index contributed by atoms with van der Waals surface area (Å²) in [6.07, 6.45) is 6.63. The van der Waals surface area contributed by atoms with Crippen LogP contribution in [0.25, 0.3) is 0 Å². The zero-order valence-corrected chi connectivity index (χ0v) is 11.7. The molecule has 0 unspecified atom stereocenters. The summed E-state index contributed by atoms with van der Waals surface area (Å²) in [5.74, 6) is 1.49. The molecule has 1 rings (SSSR count). The zero-order valence-electron chi connectivity index (χ0n) is 11.7. The van der Waals surface area contributed by atoms with Gasteiger partial charge in [0.15, 0.2) is 0 Å². The minimum Gasteiger partial charge on any atom is -0.312 e. The van der Waals surface area contributed by atoms with Crippen LogP contribution in [0.15, 0.2) is 12.4 Å². The van der Waals surface area contributed by atoms with Gasteiger partial charge < -0.3 is 5.32 Å². The normalized spacial score (nSPS) is 11.6. The lowest BCUT2D eigenvalue weighted by atomic mass is 10.1. The molecular formula is C14H27N3. The van der Waals surface area contributed by atoms with Crippen LogP contribution in [0.3, 0.4) is 0 Å². The summed E-state index contributed by atoms with van der Waals surface area (Å²) >= 11 is 0. The van der Waals surface area contributed by atoms with Gasteiger partial charge in [-0.1, -0.05) is 27.7 Å². The average Bonchev–Trinajstić information content (AvgIpc) is 2.65. The van der Waals surface area contributed by atoms with E-state index in [-0.39, 0.29) is 0 Å². The van der Waals surface area contributed by atoms with Gasteiger partial charge in [-0.15, -0.1) is 0 Å². The van der Waals surface area contributed by atoms with Crippen molar-refractivity contribution in [2.75, 3.05) is 6.54 Å². The zero-order chi connectivity index (χ0) is 12.7. The molecule has 3 heteroatoms. The van der Waals surface area contributed by atoms with Crippen molar-refractivity contribution in [3.05, 3.63) is 18.0 Å². The van der Waals surface area contributed by atoms with Crippen LogP contribution in [0.1, 0.15) is 46.1 Å². The monoisotopic (exact) mass is 237 g/mol. The van der Waals surface area contributed by atoms with E-state index in [4.69, 9.17) is 0 Å². The van der Waals surface area contributed by atoms with E-state index in [1.54, 1.807) is 0 Å². The molecule has 0 saturated carbocycles. The number of hydrogen-bond donors (Lipinski definition) is 1. The van der Waals surface area contributed by atoms with Crippen molar-refractivity contribution < 1.29 is 0 Å². The molecule has 0 amide bonds. The molecule has 0 bridgehead atoms. The quantitative estimate of drug-likeness (QED) is 0.753. The van der Waals surface area contributed by atoms with Crippen LogP contribution in [-0.2, 0) is 13.1 Å². The molecule has 3 nitrogen and oxygen atoms in total. The highest BCUT2D eigenvalue weighted by Crippen LogP contribution is 2.06. The third-order valence-electron chi connectivity index (χ3n) is 2.74. The molecular weight excluding hydrogens is 210 g/mol. The Morgan fingerprint density at radius 1 is 1.24 bits per heavy atom. The minimum atomic E-state index is 0.705. The van der Waals surface area contributed by atoms with Crippen LogP contribution in [0.4, 0.5) is 0 Å². The summed E-state index contributed by atoms with van der Waals surface area (Å²) in [6.45, 7) is 12.0. The van der Waals surface area contributed by atoms with Gasteiger partial charge in [0.1, 0.15) is 0 Å². The largest absolute Gasteiger partial charge is 0.312 e. The Balaban J connectivity index is 2.23. The van der Waals surface area contributed by atoms with Crippen molar-refractivity contribution in [3.8, 4) is 0 Å². The second-order valence-corrected chi connectivity index (χ2v) is 5.67. The van der Waals surface area contributed by atoms with Crippen LogP contribution in [-0.4, -0.2) is 16.3 Å². The molecule has 0 atom stereocenters. The number of aryl methyl sites for hydroxylation is 1. The first-order valence-corrected chi connectivity index (χ1v) is 6.80. The summed E-state index contributed by atoms with van der Waals surface area (Å²) in [4.78, 5) is 0. The Labute approximate surface area is 106 Å². The van der Waals surface area contributed by atoms with Crippen LogP contribution in [0.2, 0.25) is 0 Å². The molecule has 0 fully saturated rings. The molecule has 0 spiro atoms. The molecule has 0 radical (unpaired) electrons. The number of rotatable bonds is 8. The van der Waals surface area contributed by atoms with Crippen LogP contribution < -0.4 is 5.32 Å². The maximum absolute atomic E-state index is 4.39. The highest BCUT2D eigenvalue weighted by atomic mass is 15.3. The summed E-state index contributed by atoms with van der Waals surface area (Å²) in [5, 5.41) is 7.82. The van der Waals surface area contributed by atoms with E-state index in [0.29, 0.717) is 5.92 Å². The summed E-state index contributed by atoms with van der Waals surface area (Å²) in [5.41, 5.74) is 1.29. The first kappa shape index (κ1) is 14.2. The molecule has 0 aliphatic heterocycles. The van der Waals surface area contributed by atoms with Gasteiger partial charge in [-0.25, -0.2) is 0 Å². The second kappa shape index (κ2) is 7.49. The molecule has 1 aromatic heterocycles. The predicted molar refractivity (Wildman–Crippen MR) is 72.8 cm³/mol. The second-order valence-electron chi connectivity index (χ2n) is 5.67. The molecule has 0 aliphatic carbocycles. The van der Waals surface area contributed by atoms with Gasteiger partial charge in [-0.05, 0) is 31.2 Å². The number of nitrogens with zero attached hydrogens (tertiary/aromatic N) is 2. The van der Waals surface area contributed by atoms with E-state index in [9.17, 15) is 0 Å². The lowest BCUT2D eigenvalue weighted by molar-refractivity contribution is 0.489. The Hall–Kier alpha value is -0.830. The van der Waals surface area contributed by atoms with Gasteiger partial charge in [-0.2, -0.15) is 5.10 Å². The molecule has 1 aromatic rings. The van der Waals surface area contributed by atoms with Crippen molar-refractivity contribution in [2.45, 2.75) is 53.6 Å².